The molecule has 3 rings (SSSR count). The fraction of sp³-hybridized carbons (Fsp3) is 0.312. The predicted molar refractivity (Wildman–Crippen MR) is 89.6 cm³/mol. The molecule has 2 heterocycles. The first-order valence-corrected chi connectivity index (χ1v) is 8.22. The second-order valence-electron chi connectivity index (χ2n) is 5.26. The second-order valence-corrected chi connectivity index (χ2v) is 6.25. The maximum atomic E-state index is 13.8. The van der Waals surface area contributed by atoms with E-state index in [1.54, 1.807) is 26.1 Å². The van der Waals surface area contributed by atoms with Crippen LogP contribution in [0.5, 0.6) is 5.75 Å². The van der Waals surface area contributed by atoms with E-state index in [4.69, 9.17) is 4.74 Å². The number of likely N-dealkylation sites (N-methyl/N-ethyl adjacent to an activating group) is 1. The lowest BCUT2D eigenvalue weighted by Crippen LogP contribution is -2.34. The van der Waals surface area contributed by atoms with Crippen LogP contribution in [0.4, 0.5) is 14.3 Å². The van der Waals surface area contributed by atoms with Gasteiger partial charge in [0.05, 0.1) is 6.54 Å². The number of hydrogen-bond acceptors (Lipinski definition) is 6. The number of β-amino-alcohol motifs (C(OH)–C–C–N with tert-alkyl or cyclic N) is 1. The quantitative estimate of drug-likeness (QED) is 0.842. The molecule has 2 unspecified atom stereocenters. The molecule has 1 aliphatic rings. The topological polar surface area (TPSA) is 78.8 Å². The van der Waals surface area contributed by atoms with Crippen LogP contribution in [-0.2, 0) is 0 Å². The molecule has 1 fully saturated rings. The van der Waals surface area contributed by atoms with E-state index in [0.29, 0.717) is 5.01 Å². The molecule has 1 N–H and O–H groups in total. The van der Waals surface area contributed by atoms with Crippen molar-refractivity contribution in [3.8, 4) is 17.6 Å². The molecule has 1 aromatic heterocycles. The van der Waals surface area contributed by atoms with Gasteiger partial charge >= 0.3 is 6.03 Å². The van der Waals surface area contributed by atoms with E-state index >= 15 is 0 Å². The Morgan fingerprint density at radius 2 is 2.20 bits per heavy atom. The summed E-state index contributed by atoms with van der Waals surface area (Å²) >= 11 is 1.06. The minimum absolute atomic E-state index is 0.0454. The van der Waals surface area contributed by atoms with Gasteiger partial charge in [0.2, 0.25) is 11.2 Å². The predicted octanol–water partition coefficient (Wildman–Crippen LogP) is 2.01. The summed E-state index contributed by atoms with van der Waals surface area (Å²) in [5.41, 5.74) is 0. The number of nitrogens with zero attached hydrogens (tertiary/aromatic N) is 4. The van der Waals surface area contributed by atoms with Gasteiger partial charge in [0.1, 0.15) is 0 Å². The van der Waals surface area contributed by atoms with Crippen molar-refractivity contribution < 1.29 is 19.0 Å². The average molecular weight is 362 g/mol. The number of para-hydroxylation sites is 1. The molecule has 9 heteroatoms. The minimum atomic E-state index is -0.999. The molecule has 0 saturated carbocycles. The van der Waals surface area contributed by atoms with Crippen molar-refractivity contribution in [2.75, 3.05) is 18.5 Å². The van der Waals surface area contributed by atoms with E-state index in [-0.39, 0.29) is 23.5 Å². The number of ether oxygens (including phenoxy) is 1. The van der Waals surface area contributed by atoms with Gasteiger partial charge in [0, 0.05) is 7.05 Å². The highest BCUT2D eigenvalue weighted by atomic mass is 32.1. The normalized spacial score (nSPS) is 18.1. The molecule has 1 saturated heterocycles. The Kier molecular flexibility index (Phi) is 4.83. The van der Waals surface area contributed by atoms with Gasteiger partial charge in [-0.1, -0.05) is 29.4 Å². The summed E-state index contributed by atoms with van der Waals surface area (Å²) < 4.78 is 19.4. The lowest BCUT2D eigenvalue weighted by atomic mass is 10.3. The second kappa shape index (κ2) is 7.04. The van der Waals surface area contributed by atoms with Crippen molar-refractivity contribution in [2.45, 2.75) is 19.3 Å². The summed E-state index contributed by atoms with van der Waals surface area (Å²) in [4.78, 5) is 14.6. The number of carbonyl (C=O) groups excluding carboxylic acids is 1. The van der Waals surface area contributed by atoms with Crippen LogP contribution in [0.1, 0.15) is 18.0 Å². The van der Waals surface area contributed by atoms with Crippen LogP contribution in [0.2, 0.25) is 0 Å². The molecule has 130 valence electrons. The summed E-state index contributed by atoms with van der Waals surface area (Å²) in [6.07, 6.45) is -1.83. The number of aromatic nitrogens is 2. The highest BCUT2D eigenvalue weighted by molar-refractivity contribution is 7.15. The van der Waals surface area contributed by atoms with Crippen molar-refractivity contribution >= 4 is 22.5 Å². The van der Waals surface area contributed by atoms with E-state index in [9.17, 15) is 14.3 Å². The molecule has 0 bridgehead atoms. The Morgan fingerprint density at radius 3 is 2.84 bits per heavy atom. The third-order valence-corrected chi connectivity index (χ3v) is 4.45. The molecule has 7 nitrogen and oxygen atoms in total. The van der Waals surface area contributed by atoms with Crippen molar-refractivity contribution in [1.82, 2.24) is 15.1 Å². The third-order valence-electron chi connectivity index (χ3n) is 3.49. The molecule has 2 amide bonds. The molecule has 0 spiro atoms. The minimum Gasteiger partial charge on any atom is -0.467 e. The maximum Gasteiger partial charge on any atom is 0.328 e. The van der Waals surface area contributed by atoms with Crippen LogP contribution >= 0.6 is 11.3 Å². The zero-order chi connectivity index (χ0) is 18.0. The fourth-order valence-corrected chi connectivity index (χ4v) is 3.16. The number of benzene rings is 1. The first-order chi connectivity index (χ1) is 12.0. The Bertz CT molecular complexity index is 847. The molecule has 25 heavy (non-hydrogen) atoms. The fourth-order valence-electron chi connectivity index (χ4n) is 2.30. The molecule has 0 aliphatic carbocycles. The SMILES string of the molecule is CC#CC(Oc1ccccc1F)c1nnc(N2C(=O)N(C)CC2O)s1. The standard InChI is InChI=1S/C16H15FN4O3S/c1-3-6-12(24-11-8-5-4-7-10(11)17)14-18-19-15(25-14)21-13(22)9-20(2)16(21)23/h4-5,7-8,12-13,22H,9H2,1-2H3. The van der Waals surface area contributed by atoms with Gasteiger partial charge in [0.25, 0.3) is 0 Å². The largest absolute Gasteiger partial charge is 0.467 e. The summed E-state index contributed by atoms with van der Waals surface area (Å²) in [6, 6.07) is 5.61. The van der Waals surface area contributed by atoms with E-state index in [1.807, 2.05) is 0 Å². The highest BCUT2D eigenvalue weighted by Gasteiger charge is 2.37. The van der Waals surface area contributed by atoms with Crippen LogP contribution in [0.15, 0.2) is 24.3 Å². The summed E-state index contributed by atoms with van der Waals surface area (Å²) in [7, 11) is 1.58. The van der Waals surface area contributed by atoms with E-state index in [0.717, 1.165) is 16.2 Å². The van der Waals surface area contributed by atoms with Gasteiger partial charge in [-0.2, -0.15) is 0 Å². The third kappa shape index (κ3) is 3.40. The van der Waals surface area contributed by atoms with E-state index in [2.05, 4.69) is 22.0 Å². The highest BCUT2D eigenvalue weighted by Crippen LogP contribution is 2.31. The Balaban J connectivity index is 1.86. The van der Waals surface area contributed by atoms with Gasteiger partial charge < -0.3 is 14.7 Å². The van der Waals surface area contributed by atoms with Gasteiger partial charge in [-0.3, -0.25) is 0 Å². The molecular weight excluding hydrogens is 347 g/mol. The Labute approximate surface area is 147 Å². The van der Waals surface area contributed by atoms with Crippen molar-refractivity contribution in [3.05, 3.63) is 35.1 Å². The maximum absolute atomic E-state index is 13.8. The van der Waals surface area contributed by atoms with E-state index < -0.39 is 18.1 Å². The molecule has 1 aromatic carbocycles. The Morgan fingerprint density at radius 1 is 1.44 bits per heavy atom. The molecule has 2 atom stereocenters. The number of amides is 2. The first-order valence-electron chi connectivity index (χ1n) is 7.40. The van der Waals surface area contributed by atoms with Gasteiger partial charge in [-0.25, -0.2) is 14.1 Å². The number of rotatable bonds is 4. The van der Waals surface area contributed by atoms with E-state index in [1.165, 1.54) is 17.0 Å². The van der Waals surface area contributed by atoms with Crippen LogP contribution in [-0.4, -0.2) is 46.1 Å². The summed E-state index contributed by atoms with van der Waals surface area (Å²) in [6.45, 7) is 1.81. The summed E-state index contributed by atoms with van der Waals surface area (Å²) in [5.74, 6) is 5.05. The van der Waals surface area contributed by atoms with Crippen molar-refractivity contribution in [3.63, 3.8) is 0 Å². The average Bonchev–Trinajstić information content (AvgIpc) is 3.14. The monoisotopic (exact) mass is 362 g/mol. The number of aliphatic hydroxyl groups is 1. The molecule has 0 radical (unpaired) electrons. The van der Waals surface area contributed by atoms with Gasteiger partial charge in [-0.05, 0) is 19.1 Å². The number of aliphatic hydroxyl groups excluding tert-OH is 1. The number of carbonyl (C=O) groups is 1. The number of urea groups is 1. The number of halogens is 1. The molecule has 2 aromatic rings. The van der Waals surface area contributed by atoms with Crippen molar-refractivity contribution in [1.29, 1.82) is 0 Å². The lowest BCUT2D eigenvalue weighted by molar-refractivity contribution is 0.183. The van der Waals surface area contributed by atoms with Crippen LogP contribution in [0.3, 0.4) is 0 Å². The van der Waals surface area contributed by atoms with Crippen LogP contribution in [0.25, 0.3) is 0 Å². The van der Waals surface area contributed by atoms with Gasteiger partial charge in [0.15, 0.2) is 22.8 Å². The first kappa shape index (κ1) is 17.1. The smallest absolute Gasteiger partial charge is 0.328 e. The van der Waals surface area contributed by atoms with Crippen LogP contribution in [0, 0.1) is 17.7 Å². The lowest BCUT2D eigenvalue weighted by Gasteiger charge is -2.14. The zero-order valence-corrected chi connectivity index (χ0v) is 14.3. The zero-order valence-electron chi connectivity index (χ0n) is 13.5. The molecular formula is C16H15FN4O3S. The molecule has 1 aliphatic heterocycles. The number of anilines is 1. The van der Waals surface area contributed by atoms with Crippen LogP contribution < -0.4 is 9.64 Å². The van der Waals surface area contributed by atoms with Crippen molar-refractivity contribution in [2.24, 2.45) is 0 Å². The Hall–Kier alpha value is -2.70. The summed E-state index contributed by atoms with van der Waals surface area (Å²) in [5, 5.41) is 18.5. The number of hydrogen-bond donors (Lipinski definition) is 1. The van der Waals surface area contributed by atoms with Gasteiger partial charge in [-0.15, -0.1) is 16.1 Å².